The lowest BCUT2D eigenvalue weighted by molar-refractivity contribution is 0.583. The number of aromatic nitrogens is 2. The molecule has 0 unspecified atom stereocenters. The van der Waals surface area contributed by atoms with Crippen molar-refractivity contribution in [2.75, 3.05) is 5.73 Å². The number of nitrogens with two attached hydrogens (primary N) is 2. The number of anilines is 1. The molecule has 1 heterocycles. The number of hydrogen-bond acceptors (Lipinski definition) is 5. The zero-order chi connectivity index (χ0) is 9.90. The van der Waals surface area contributed by atoms with Gasteiger partial charge in [-0.3, -0.25) is 0 Å². The fraction of sp³-hybridized carbons (Fsp3) is 0.200. The van der Waals surface area contributed by atoms with E-state index < -0.39 is 10.2 Å². The fourth-order valence-electron chi connectivity index (χ4n) is 0.682. The van der Waals surface area contributed by atoms with Gasteiger partial charge in [0.05, 0.1) is 0 Å². The molecule has 5 N–H and O–H groups in total. The molecular weight excluding hydrogens is 194 g/mol. The summed E-state index contributed by atoms with van der Waals surface area (Å²) in [5.41, 5.74) is 5.91. The third kappa shape index (κ3) is 3.32. The maximum Gasteiger partial charge on any atom is 0.274 e. The minimum Gasteiger partial charge on any atom is -0.383 e. The Morgan fingerprint density at radius 1 is 1.54 bits per heavy atom. The van der Waals surface area contributed by atoms with E-state index in [1.807, 2.05) is 0 Å². The number of nitrogens with zero attached hydrogens (tertiary/aromatic N) is 2. The number of rotatable bonds is 3. The highest BCUT2D eigenvalue weighted by molar-refractivity contribution is 7.87. The molecule has 0 bridgehead atoms. The predicted molar refractivity (Wildman–Crippen MR) is 46.4 cm³/mol. The molecule has 8 heteroatoms. The molecule has 0 fully saturated rings. The average Bonchev–Trinajstić information content (AvgIpc) is 2.01. The van der Waals surface area contributed by atoms with E-state index in [2.05, 4.69) is 14.7 Å². The van der Waals surface area contributed by atoms with E-state index in [4.69, 9.17) is 10.9 Å². The van der Waals surface area contributed by atoms with Crippen LogP contribution in [0.1, 0.15) is 5.56 Å². The third-order valence-corrected chi connectivity index (χ3v) is 1.83. The minimum absolute atomic E-state index is 0.00843. The van der Waals surface area contributed by atoms with Crippen molar-refractivity contribution in [1.82, 2.24) is 14.7 Å². The van der Waals surface area contributed by atoms with Gasteiger partial charge in [-0.05, 0) is 0 Å². The molecule has 13 heavy (non-hydrogen) atoms. The molecule has 72 valence electrons. The topological polar surface area (TPSA) is 124 Å². The molecule has 0 amide bonds. The van der Waals surface area contributed by atoms with Gasteiger partial charge in [0.2, 0.25) is 0 Å². The van der Waals surface area contributed by atoms with Crippen molar-refractivity contribution >= 4 is 16.0 Å². The Balaban J connectivity index is 2.71. The van der Waals surface area contributed by atoms with Gasteiger partial charge in [-0.25, -0.2) is 15.1 Å². The molecule has 1 aromatic heterocycles. The summed E-state index contributed by atoms with van der Waals surface area (Å²) in [5.74, 6) is 0.228. The lowest BCUT2D eigenvalue weighted by Crippen LogP contribution is -2.30. The Bertz CT molecular complexity index is 390. The van der Waals surface area contributed by atoms with Gasteiger partial charge in [0, 0.05) is 18.3 Å². The third-order valence-electron chi connectivity index (χ3n) is 1.29. The van der Waals surface area contributed by atoms with Gasteiger partial charge in [-0.2, -0.15) is 13.1 Å². The summed E-state index contributed by atoms with van der Waals surface area (Å²) in [7, 11) is -3.70. The molecule has 0 atom stereocenters. The van der Waals surface area contributed by atoms with Gasteiger partial charge in [0.25, 0.3) is 10.2 Å². The lowest BCUT2D eigenvalue weighted by Gasteiger charge is -2.03. The Kier molecular flexibility index (Phi) is 2.76. The van der Waals surface area contributed by atoms with E-state index in [9.17, 15) is 8.42 Å². The Morgan fingerprint density at radius 3 is 2.77 bits per heavy atom. The van der Waals surface area contributed by atoms with Crippen molar-refractivity contribution in [3.63, 3.8) is 0 Å². The molecule has 0 radical (unpaired) electrons. The van der Waals surface area contributed by atoms with Crippen molar-refractivity contribution in [3.8, 4) is 0 Å². The van der Waals surface area contributed by atoms with Crippen LogP contribution in [0.25, 0.3) is 0 Å². The summed E-state index contributed by atoms with van der Waals surface area (Å²) in [6.45, 7) is -0.00843. The van der Waals surface area contributed by atoms with Crippen molar-refractivity contribution in [1.29, 1.82) is 0 Å². The van der Waals surface area contributed by atoms with Crippen molar-refractivity contribution in [3.05, 3.63) is 18.1 Å². The average molecular weight is 203 g/mol. The van der Waals surface area contributed by atoms with Crippen LogP contribution in [0.15, 0.2) is 12.5 Å². The molecule has 0 spiro atoms. The highest BCUT2D eigenvalue weighted by Crippen LogP contribution is 2.03. The molecule has 0 saturated carbocycles. The maximum absolute atomic E-state index is 10.5. The molecular formula is C5H9N5O2S. The second-order valence-corrected chi connectivity index (χ2v) is 3.68. The van der Waals surface area contributed by atoms with Crippen molar-refractivity contribution in [2.45, 2.75) is 6.54 Å². The summed E-state index contributed by atoms with van der Waals surface area (Å²) in [4.78, 5) is 7.35. The van der Waals surface area contributed by atoms with Crippen LogP contribution in [0.4, 0.5) is 5.82 Å². The van der Waals surface area contributed by atoms with E-state index in [1.54, 1.807) is 0 Å². The molecule has 0 aliphatic rings. The lowest BCUT2D eigenvalue weighted by atomic mass is 10.3. The summed E-state index contributed by atoms with van der Waals surface area (Å²) in [6.07, 6.45) is 2.69. The first kappa shape index (κ1) is 9.84. The second-order valence-electron chi connectivity index (χ2n) is 2.30. The van der Waals surface area contributed by atoms with Crippen LogP contribution in [0.2, 0.25) is 0 Å². The second kappa shape index (κ2) is 3.64. The minimum atomic E-state index is -3.70. The van der Waals surface area contributed by atoms with Crippen LogP contribution in [0.5, 0.6) is 0 Å². The number of hydrogen-bond donors (Lipinski definition) is 3. The highest BCUT2D eigenvalue weighted by atomic mass is 32.2. The van der Waals surface area contributed by atoms with Crippen molar-refractivity contribution < 1.29 is 8.42 Å². The molecule has 0 aliphatic carbocycles. The zero-order valence-electron chi connectivity index (χ0n) is 6.64. The highest BCUT2D eigenvalue weighted by Gasteiger charge is 2.04. The normalized spacial score (nSPS) is 11.5. The molecule has 1 aromatic rings. The van der Waals surface area contributed by atoms with Gasteiger partial charge >= 0.3 is 0 Å². The number of nitrogens with one attached hydrogen (secondary N) is 1. The predicted octanol–water partition coefficient (Wildman–Crippen LogP) is -1.65. The first-order valence-electron chi connectivity index (χ1n) is 3.31. The first-order valence-corrected chi connectivity index (χ1v) is 4.85. The van der Waals surface area contributed by atoms with E-state index in [0.29, 0.717) is 5.56 Å². The maximum atomic E-state index is 10.5. The van der Waals surface area contributed by atoms with Gasteiger partial charge in [0.15, 0.2) is 0 Å². The van der Waals surface area contributed by atoms with Crippen LogP contribution in [-0.2, 0) is 16.8 Å². The van der Waals surface area contributed by atoms with Crippen LogP contribution >= 0.6 is 0 Å². The van der Waals surface area contributed by atoms with E-state index in [1.165, 1.54) is 12.5 Å². The summed E-state index contributed by atoms with van der Waals surface area (Å²) >= 11 is 0. The monoisotopic (exact) mass is 203 g/mol. The van der Waals surface area contributed by atoms with Crippen molar-refractivity contribution in [2.24, 2.45) is 5.14 Å². The SMILES string of the molecule is Nc1ncncc1CNS(N)(=O)=O. The van der Waals surface area contributed by atoms with Gasteiger partial charge in [-0.15, -0.1) is 0 Å². The molecule has 0 saturated heterocycles. The van der Waals surface area contributed by atoms with Crippen LogP contribution in [-0.4, -0.2) is 18.4 Å². The fourth-order valence-corrected chi connectivity index (χ4v) is 1.04. The first-order chi connectivity index (χ1) is 5.99. The zero-order valence-corrected chi connectivity index (χ0v) is 7.45. The number of nitrogen functional groups attached to an aromatic ring is 1. The Labute approximate surface area is 75.4 Å². The van der Waals surface area contributed by atoms with E-state index >= 15 is 0 Å². The van der Waals surface area contributed by atoms with Crippen LogP contribution in [0.3, 0.4) is 0 Å². The standard InChI is InChI=1S/C5H9N5O2S/c6-5-4(1-8-3-9-5)2-10-13(7,11)12/h1,3,10H,2H2,(H2,6,8,9)(H2,7,11,12). The Morgan fingerprint density at radius 2 is 2.23 bits per heavy atom. The molecule has 0 aliphatic heterocycles. The van der Waals surface area contributed by atoms with E-state index in [0.717, 1.165) is 0 Å². The molecule has 7 nitrogen and oxygen atoms in total. The Hall–Kier alpha value is -1.25. The molecule has 0 aromatic carbocycles. The quantitative estimate of drug-likeness (QED) is 0.543. The summed E-state index contributed by atoms with van der Waals surface area (Å²) in [5, 5.41) is 4.71. The van der Waals surface area contributed by atoms with Gasteiger partial charge in [-0.1, -0.05) is 0 Å². The largest absolute Gasteiger partial charge is 0.383 e. The van der Waals surface area contributed by atoms with Crippen LogP contribution < -0.4 is 15.6 Å². The van der Waals surface area contributed by atoms with Crippen LogP contribution in [0, 0.1) is 0 Å². The van der Waals surface area contributed by atoms with Gasteiger partial charge < -0.3 is 5.73 Å². The van der Waals surface area contributed by atoms with Gasteiger partial charge in [0.1, 0.15) is 12.1 Å². The van der Waals surface area contributed by atoms with E-state index in [-0.39, 0.29) is 12.4 Å². The smallest absolute Gasteiger partial charge is 0.274 e. The molecule has 1 rings (SSSR count). The summed E-state index contributed by atoms with van der Waals surface area (Å²) in [6, 6.07) is 0. The summed E-state index contributed by atoms with van der Waals surface area (Å²) < 4.78 is 23.1.